The Morgan fingerprint density at radius 3 is 2.89 bits per heavy atom. The molecule has 6 heteroatoms. The summed E-state index contributed by atoms with van der Waals surface area (Å²) in [6.07, 6.45) is 5.26. The van der Waals surface area contributed by atoms with Crippen molar-refractivity contribution in [2.24, 2.45) is 5.73 Å². The third-order valence-corrected chi connectivity index (χ3v) is 4.90. The maximum absolute atomic E-state index is 11.0. The molecular weight excluding hydrogens is 340 g/mol. The third kappa shape index (κ3) is 3.65. The minimum atomic E-state index is -0.276. The second-order valence-electron chi connectivity index (χ2n) is 6.97. The Labute approximate surface area is 158 Å². The Hall–Kier alpha value is -2.89. The number of carbonyl (C=O) groups is 1. The van der Waals surface area contributed by atoms with Crippen LogP contribution >= 0.6 is 0 Å². The first-order chi connectivity index (χ1) is 13.2. The lowest BCUT2D eigenvalue weighted by Gasteiger charge is -2.12. The molecule has 0 saturated heterocycles. The Kier molecular flexibility index (Phi) is 4.79. The van der Waals surface area contributed by atoms with E-state index in [1.165, 1.54) is 18.4 Å². The van der Waals surface area contributed by atoms with Crippen LogP contribution in [0, 0.1) is 0 Å². The third-order valence-electron chi connectivity index (χ3n) is 4.90. The van der Waals surface area contributed by atoms with Gasteiger partial charge in [0.05, 0.1) is 24.0 Å². The van der Waals surface area contributed by atoms with Crippen molar-refractivity contribution in [3.8, 4) is 17.0 Å². The monoisotopic (exact) mass is 364 g/mol. The van der Waals surface area contributed by atoms with Gasteiger partial charge in [-0.1, -0.05) is 12.1 Å². The number of primary amides is 1. The molecule has 0 radical (unpaired) electrons. The van der Waals surface area contributed by atoms with Crippen LogP contribution in [0.3, 0.4) is 0 Å². The van der Waals surface area contributed by atoms with Gasteiger partial charge in [0.2, 0.25) is 5.91 Å². The lowest BCUT2D eigenvalue weighted by Crippen LogP contribution is -2.12. The topological polar surface area (TPSA) is 83.0 Å². The first-order valence-electron chi connectivity index (χ1n) is 9.54. The number of carbonyl (C=O) groups excluding carboxylic acids is 1. The predicted molar refractivity (Wildman–Crippen MR) is 105 cm³/mol. The van der Waals surface area contributed by atoms with Crippen LogP contribution in [0.4, 0.5) is 0 Å². The molecule has 3 aromatic rings. The van der Waals surface area contributed by atoms with Crippen molar-refractivity contribution < 1.29 is 9.53 Å². The summed E-state index contributed by atoms with van der Waals surface area (Å²) in [5.41, 5.74) is 10.4. The number of hydrogen-bond donors (Lipinski definition) is 1. The maximum Gasteiger partial charge on any atom is 0.217 e. The Morgan fingerprint density at radius 1 is 1.33 bits per heavy atom. The standard InChI is InChI=1S/C21H24N4O2/c1-2-27-19-7-4-3-6-15(19)17-12-16(14-9-10-14)21-18(24-17)13-23-25(21)11-5-8-20(22)26/h3-4,6-7,12-14H,2,5,8-11H2,1H3,(H2,22,26). The van der Waals surface area contributed by atoms with Gasteiger partial charge in [-0.15, -0.1) is 0 Å². The number of pyridine rings is 1. The molecule has 6 nitrogen and oxygen atoms in total. The van der Waals surface area contributed by atoms with Crippen LogP contribution in [0.2, 0.25) is 0 Å². The highest BCUT2D eigenvalue weighted by Crippen LogP contribution is 2.44. The first kappa shape index (κ1) is 17.5. The average Bonchev–Trinajstić information content (AvgIpc) is 3.43. The summed E-state index contributed by atoms with van der Waals surface area (Å²) < 4.78 is 7.76. The van der Waals surface area contributed by atoms with Gasteiger partial charge in [-0.2, -0.15) is 5.10 Å². The fourth-order valence-corrected chi connectivity index (χ4v) is 3.51. The summed E-state index contributed by atoms with van der Waals surface area (Å²) in [4.78, 5) is 15.9. The van der Waals surface area contributed by atoms with Crippen molar-refractivity contribution in [1.29, 1.82) is 0 Å². The number of nitrogens with zero attached hydrogens (tertiary/aromatic N) is 3. The minimum Gasteiger partial charge on any atom is -0.493 e. The molecule has 27 heavy (non-hydrogen) atoms. The zero-order valence-corrected chi connectivity index (χ0v) is 15.5. The molecule has 1 aromatic carbocycles. The Bertz CT molecular complexity index is 975. The van der Waals surface area contributed by atoms with Gasteiger partial charge in [-0.3, -0.25) is 9.48 Å². The Morgan fingerprint density at radius 2 is 2.15 bits per heavy atom. The van der Waals surface area contributed by atoms with E-state index in [-0.39, 0.29) is 5.91 Å². The van der Waals surface area contributed by atoms with E-state index >= 15 is 0 Å². The number of para-hydroxylation sites is 1. The van der Waals surface area contributed by atoms with Crippen LogP contribution in [-0.2, 0) is 11.3 Å². The summed E-state index contributed by atoms with van der Waals surface area (Å²) in [7, 11) is 0. The fraction of sp³-hybridized carbons (Fsp3) is 0.381. The lowest BCUT2D eigenvalue weighted by atomic mass is 10.0. The minimum absolute atomic E-state index is 0.276. The van der Waals surface area contributed by atoms with Gasteiger partial charge in [0.25, 0.3) is 0 Å². The quantitative estimate of drug-likeness (QED) is 0.661. The average molecular weight is 364 g/mol. The second-order valence-corrected chi connectivity index (χ2v) is 6.97. The summed E-state index contributed by atoms with van der Waals surface area (Å²) in [5.74, 6) is 1.13. The highest BCUT2D eigenvalue weighted by Gasteiger charge is 2.28. The predicted octanol–water partition coefficient (Wildman–Crippen LogP) is 3.64. The molecule has 4 rings (SSSR count). The van der Waals surface area contributed by atoms with E-state index in [4.69, 9.17) is 15.5 Å². The number of ether oxygens (including phenoxy) is 1. The van der Waals surface area contributed by atoms with Crippen LogP contribution < -0.4 is 10.5 Å². The lowest BCUT2D eigenvalue weighted by molar-refractivity contribution is -0.118. The van der Waals surface area contributed by atoms with Crippen molar-refractivity contribution >= 4 is 16.9 Å². The fourth-order valence-electron chi connectivity index (χ4n) is 3.51. The van der Waals surface area contributed by atoms with Crippen molar-refractivity contribution in [2.75, 3.05) is 6.61 Å². The number of hydrogen-bond acceptors (Lipinski definition) is 4. The van der Waals surface area contributed by atoms with E-state index in [1.807, 2.05) is 42.1 Å². The van der Waals surface area contributed by atoms with Crippen molar-refractivity contribution in [2.45, 2.75) is 45.1 Å². The summed E-state index contributed by atoms with van der Waals surface area (Å²) in [6.45, 7) is 3.27. The highest BCUT2D eigenvalue weighted by atomic mass is 16.5. The van der Waals surface area contributed by atoms with E-state index in [0.29, 0.717) is 31.9 Å². The molecule has 0 bridgehead atoms. The molecule has 1 amide bonds. The second kappa shape index (κ2) is 7.39. The molecule has 1 saturated carbocycles. The molecule has 0 atom stereocenters. The molecule has 0 aliphatic heterocycles. The van der Waals surface area contributed by atoms with Crippen LogP contribution in [0.1, 0.15) is 44.1 Å². The number of rotatable bonds is 8. The number of benzene rings is 1. The molecule has 2 N–H and O–H groups in total. The molecule has 0 spiro atoms. The SMILES string of the molecule is CCOc1ccccc1-c1cc(C2CC2)c2c(cnn2CCCC(N)=O)n1. The molecule has 1 aliphatic rings. The van der Waals surface area contributed by atoms with Crippen molar-refractivity contribution in [1.82, 2.24) is 14.8 Å². The van der Waals surface area contributed by atoms with Gasteiger partial charge in [-0.25, -0.2) is 4.98 Å². The summed E-state index contributed by atoms with van der Waals surface area (Å²) in [6, 6.07) is 10.2. The molecule has 1 aliphatic carbocycles. The largest absolute Gasteiger partial charge is 0.493 e. The van der Waals surface area contributed by atoms with Gasteiger partial charge in [0, 0.05) is 18.5 Å². The molecule has 2 heterocycles. The van der Waals surface area contributed by atoms with E-state index < -0.39 is 0 Å². The van der Waals surface area contributed by atoms with Crippen molar-refractivity contribution in [3.63, 3.8) is 0 Å². The maximum atomic E-state index is 11.0. The Balaban J connectivity index is 1.76. The van der Waals surface area contributed by atoms with E-state index in [2.05, 4.69) is 11.2 Å². The van der Waals surface area contributed by atoms with Gasteiger partial charge >= 0.3 is 0 Å². The van der Waals surface area contributed by atoms with Gasteiger partial charge in [0.15, 0.2) is 0 Å². The zero-order chi connectivity index (χ0) is 18.8. The van der Waals surface area contributed by atoms with Gasteiger partial charge in [-0.05, 0) is 55.9 Å². The van der Waals surface area contributed by atoms with E-state index in [1.54, 1.807) is 0 Å². The zero-order valence-electron chi connectivity index (χ0n) is 15.5. The molecular formula is C21H24N4O2. The smallest absolute Gasteiger partial charge is 0.217 e. The molecule has 1 fully saturated rings. The van der Waals surface area contributed by atoms with Crippen LogP contribution in [-0.4, -0.2) is 27.3 Å². The summed E-state index contributed by atoms with van der Waals surface area (Å²) >= 11 is 0. The number of aromatic nitrogens is 3. The number of nitrogens with two attached hydrogens (primary N) is 1. The first-order valence-corrected chi connectivity index (χ1v) is 9.54. The van der Waals surface area contributed by atoms with Gasteiger partial charge in [0.1, 0.15) is 11.3 Å². The van der Waals surface area contributed by atoms with Crippen LogP contribution in [0.25, 0.3) is 22.3 Å². The number of amides is 1. The van der Waals surface area contributed by atoms with Crippen LogP contribution in [0.5, 0.6) is 5.75 Å². The highest BCUT2D eigenvalue weighted by molar-refractivity contribution is 5.84. The van der Waals surface area contributed by atoms with Gasteiger partial charge < -0.3 is 10.5 Å². The molecule has 0 unspecified atom stereocenters. The van der Waals surface area contributed by atoms with Crippen LogP contribution in [0.15, 0.2) is 36.5 Å². The number of fused-ring (bicyclic) bond motifs is 1. The van der Waals surface area contributed by atoms with Crippen molar-refractivity contribution in [3.05, 3.63) is 42.1 Å². The summed E-state index contributed by atoms with van der Waals surface area (Å²) in [5, 5.41) is 4.53. The van der Waals surface area contributed by atoms with E-state index in [0.717, 1.165) is 28.0 Å². The molecule has 2 aromatic heterocycles. The van der Waals surface area contributed by atoms with E-state index in [9.17, 15) is 4.79 Å². The number of aryl methyl sites for hydroxylation is 1. The molecule has 140 valence electrons. The normalized spacial score (nSPS) is 13.8.